The van der Waals surface area contributed by atoms with Gasteiger partial charge in [0, 0.05) is 26.7 Å². The molecule has 1 aromatic heterocycles. The molecule has 2 fully saturated rings. The van der Waals surface area contributed by atoms with E-state index in [1.807, 2.05) is 0 Å². The van der Waals surface area contributed by atoms with E-state index in [0.29, 0.717) is 24.3 Å². The standard InChI is InChI=1S/C22H21BrN4O5S/c23-16-3-1-15(2-4-16)20(29)26-11-19(28)27-13-22(31-5-6-32-22)8-18(27)21(30)25-10-17-7-14(9-24)12-33-17/h1-4,7,12,18H,5-6,8,10-11,13H2,(H,25,30)(H,26,29)/t18-/m0/s1. The minimum Gasteiger partial charge on any atom is -0.349 e. The summed E-state index contributed by atoms with van der Waals surface area (Å²) >= 11 is 4.69. The first-order valence-corrected chi connectivity index (χ1v) is 11.9. The van der Waals surface area contributed by atoms with Crippen molar-refractivity contribution in [1.82, 2.24) is 15.5 Å². The number of carbonyl (C=O) groups excluding carboxylic acids is 3. The van der Waals surface area contributed by atoms with Gasteiger partial charge in [-0.1, -0.05) is 15.9 Å². The van der Waals surface area contributed by atoms with Crippen molar-refractivity contribution in [3.8, 4) is 6.07 Å². The van der Waals surface area contributed by atoms with Gasteiger partial charge in [0.15, 0.2) is 5.79 Å². The van der Waals surface area contributed by atoms with E-state index in [9.17, 15) is 14.4 Å². The maximum absolute atomic E-state index is 13.0. The molecule has 2 aromatic rings. The van der Waals surface area contributed by atoms with Crippen LogP contribution in [-0.4, -0.2) is 60.8 Å². The number of carbonyl (C=O) groups is 3. The molecule has 2 saturated heterocycles. The summed E-state index contributed by atoms with van der Waals surface area (Å²) in [6, 6.07) is 9.75. The second kappa shape index (κ2) is 10.0. The van der Waals surface area contributed by atoms with Crippen LogP contribution in [0.3, 0.4) is 0 Å². The minimum absolute atomic E-state index is 0.107. The Morgan fingerprint density at radius 2 is 1.94 bits per heavy atom. The van der Waals surface area contributed by atoms with Crippen molar-refractivity contribution < 1.29 is 23.9 Å². The lowest BCUT2D eigenvalue weighted by Crippen LogP contribution is -2.49. The summed E-state index contributed by atoms with van der Waals surface area (Å²) in [5.41, 5.74) is 0.962. The second-order valence-electron chi connectivity index (χ2n) is 7.67. The molecular formula is C22H21BrN4O5S. The SMILES string of the molecule is N#Cc1csc(CNC(=O)[C@@H]2CC3(CN2C(=O)CNC(=O)c2ccc(Br)cc2)OCCO3)c1. The number of thiophene rings is 1. The molecule has 2 N–H and O–H groups in total. The number of ether oxygens (including phenoxy) is 2. The first-order valence-electron chi connectivity index (χ1n) is 10.3. The molecule has 3 amide bonds. The van der Waals surface area contributed by atoms with E-state index in [0.717, 1.165) is 9.35 Å². The number of amides is 3. The fourth-order valence-corrected chi connectivity index (χ4v) is 4.84. The Morgan fingerprint density at radius 1 is 1.21 bits per heavy atom. The van der Waals surface area contributed by atoms with Crippen molar-refractivity contribution in [3.63, 3.8) is 0 Å². The summed E-state index contributed by atoms with van der Waals surface area (Å²) in [5, 5.41) is 16.1. The van der Waals surface area contributed by atoms with Crippen LogP contribution in [0.2, 0.25) is 0 Å². The van der Waals surface area contributed by atoms with Crippen molar-refractivity contribution in [2.24, 2.45) is 0 Å². The largest absolute Gasteiger partial charge is 0.349 e. The summed E-state index contributed by atoms with van der Waals surface area (Å²) in [6.45, 7) is 0.880. The van der Waals surface area contributed by atoms with Crippen LogP contribution in [0.15, 0.2) is 40.2 Å². The Labute approximate surface area is 202 Å². The monoisotopic (exact) mass is 532 g/mol. The van der Waals surface area contributed by atoms with Crippen molar-refractivity contribution in [3.05, 3.63) is 56.2 Å². The summed E-state index contributed by atoms with van der Waals surface area (Å²) in [5.74, 6) is -2.14. The van der Waals surface area contributed by atoms with Gasteiger partial charge in [0.2, 0.25) is 11.8 Å². The highest BCUT2D eigenvalue weighted by atomic mass is 79.9. The quantitative estimate of drug-likeness (QED) is 0.584. The third-order valence-electron chi connectivity index (χ3n) is 5.45. The first-order chi connectivity index (χ1) is 15.9. The van der Waals surface area contributed by atoms with Gasteiger partial charge in [0.1, 0.15) is 12.1 Å². The lowest BCUT2D eigenvalue weighted by atomic mass is 10.1. The Balaban J connectivity index is 1.40. The maximum atomic E-state index is 13.0. The van der Waals surface area contributed by atoms with Crippen molar-refractivity contribution >= 4 is 45.0 Å². The van der Waals surface area contributed by atoms with Gasteiger partial charge in [0.05, 0.1) is 38.4 Å². The highest BCUT2D eigenvalue weighted by Crippen LogP contribution is 2.35. The van der Waals surface area contributed by atoms with Crippen LogP contribution < -0.4 is 10.6 Å². The van der Waals surface area contributed by atoms with E-state index in [-0.39, 0.29) is 37.9 Å². The Bertz CT molecular complexity index is 1090. The first kappa shape index (κ1) is 23.4. The molecule has 0 unspecified atom stereocenters. The molecule has 0 bridgehead atoms. The van der Waals surface area contributed by atoms with E-state index in [1.165, 1.54) is 16.2 Å². The molecule has 2 aliphatic rings. The van der Waals surface area contributed by atoms with Gasteiger partial charge in [-0.05, 0) is 30.3 Å². The third kappa shape index (κ3) is 5.42. The van der Waals surface area contributed by atoms with Crippen LogP contribution in [-0.2, 0) is 25.6 Å². The molecule has 3 heterocycles. The molecule has 1 spiro atoms. The van der Waals surface area contributed by atoms with Crippen LogP contribution in [0.4, 0.5) is 0 Å². The van der Waals surface area contributed by atoms with Gasteiger partial charge < -0.3 is 25.0 Å². The van der Waals surface area contributed by atoms with Crippen molar-refractivity contribution in [2.45, 2.75) is 24.8 Å². The number of hydrogen-bond acceptors (Lipinski definition) is 7. The van der Waals surface area contributed by atoms with E-state index in [1.54, 1.807) is 35.7 Å². The second-order valence-corrected chi connectivity index (χ2v) is 9.58. The molecule has 0 radical (unpaired) electrons. The highest BCUT2D eigenvalue weighted by Gasteiger charge is 2.52. The molecule has 11 heteroatoms. The van der Waals surface area contributed by atoms with E-state index < -0.39 is 17.7 Å². The molecule has 172 valence electrons. The number of hydrogen-bond donors (Lipinski definition) is 2. The predicted octanol–water partition coefficient (Wildman–Crippen LogP) is 1.77. The molecule has 1 atom stereocenters. The van der Waals surface area contributed by atoms with Gasteiger partial charge in [-0.15, -0.1) is 11.3 Å². The number of nitrogens with zero attached hydrogens (tertiary/aromatic N) is 2. The molecular weight excluding hydrogens is 512 g/mol. The average Bonchev–Trinajstić information content (AvgIpc) is 3.56. The van der Waals surface area contributed by atoms with Crippen molar-refractivity contribution in [1.29, 1.82) is 5.26 Å². The van der Waals surface area contributed by atoms with E-state index in [4.69, 9.17) is 14.7 Å². The minimum atomic E-state index is -1.01. The van der Waals surface area contributed by atoms with Crippen LogP contribution >= 0.6 is 27.3 Å². The normalized spacial score (nSPS) is 18.8. The molecule has 2 aliphatic heterocycles. The third-order valence-corrected chi connectivity index (χ3v) is 6.92. The zero-order valence-corrected chi connectivity index (χ0v) is 19.9. The number of halogens is 1. The molecule has 4 rings (SSSR count). The molecule has 0 aliphatic carbocycles. The maximum Gasteiger partial charge on any atom is 0.251 e. The lowest BCUT2D eigenvalue weighted by Gasteiger charge is -2.24. The summed E-state index contributed by atoms with van der Waals surface area (Å²) in [7, 11) is 0. The smallest absolute Gasteiger partial charge is 0.251 e. The van der Waals surface area contributed by atoms with E-state index >= 15 is 0 Å². The lowest BCUT2D eigenvalue weighted by molar-refractivity contribution is -0.152. The van der Waals surface area contributed by atoms with Crippen LogP contribution in [0.1, 0.15) is 27.2 Å². The van der Waals surface area contributed by atoms with Gasteiger partial charge in [-0.25, -0.2) is 0 Å². The van der Waals surface area contributed by atoms with E-state index in [2.05, 4.69) is 32.6 Å². The van der Waals surface area contributed by atoms with Crippen LogP contribution in [0.5, 0.6) is 0 Å². The zero-order valence-electron chi connectivity index (χ0n) is 17.5. The summed E-state index contributed by atoms with van der Waals surface area (Å²) in [4.78, 5) is 40.6. The number of nitriles is 1. The Kier molecular flexibility index (Phi) is 7.09. The fraction of sp³-hybridized carbons (Fsp3) is 0.364. The summed E-state index contributed by atoms with van der Waals surface area (Å²) in [6.07, 6.45) is 0.207. The molecule has 33 heavy (non-hydrogen) atoms. The number of likely N-dealkylation sites (tertiary alicyclic amines) is 1. The van der Waals surface area contributed by atoms with Gasteiger partial charge in [-0.2, -0.15) is 5.26 Å². The number of nitrogens with one attached hydrogen (secondary N) is 2. The topological polar surface area (TPSA) is 121 Å². The summed E-state index contributed by atoms with van der Waals surface area (Å²) < 4.78 is 12.3. The molecule has 0 saturated carbocycles. The Hall–Kier alpha value is -2.78. The number of rotatable bonds is 6. The number of benzene rings is 1. The highest BCUT2D eigenvalue weighted by molar-refractivity contribution is 9.10. The van der Waals surface area contributed by atoms with Crippen molar-refractivity contribution in [2.75, 3.05) is 26.3 Å². The fourth-order valence-electron chi connectivity index (χ4n) is 3.83. The van der Waals surface area contributed by atoms with Gasteiger partial charge in [0.25, 0.3) is 5.91 Å². The molecule has 9 nitrogen and oxygen atoms in total. The zero-order chi connectivity index (χ0) is 23.4. The average molecular weight is 533 g/mol. The molecule has 1 aromatic carbocycles. The van der Waals surface area contributed by atoms with Gasteiger partial charge in [-0.3, -0.25) is 14.4 Å². The Morgan fingerprint density at radius 3 is 2.61 bits per heavy atom. The van der Waals surface area contributed by atoms with Crippen LogP contribution in [0, 0.1) is 11.3 Å². The van der Waals surface area contributed by atoms with Gasteiger partial charge >= 0.3 is 0 Å². The van der Waals surface area contributed by atoms with Crippen LogP contribution in [0.25, 0.3) is 0 Å². The predicted molar refractivity (Wildman–Crippen MR) is 122 cm³/mol.